The first kappa shape index (κ1) is 18.8. The van der Waals surface area contributed by atoms with E-state index in [9.17, 15) is 0 Å². The van der Waals surface area contributed by atoms with Gasteiger partial charge in [0, 0.05) is 28.9 Å². The van der Waals surface area contributed by atoms with Gasteiger partial charge in [-0.3, -0.25) is 0 Å². The maximum Gasteiger partial charge on any atom is 0.124 e. The van der Waals surface area contributed by atoms with Crippen LogP contribution in [0.4, 0.5) is 5.69 Å². The summed E-state index contributed by atoms with van der Waals surface area (Å²) in [6, 6.07) is 26.1. The summed E-state index contributed by atoms with van der Waals surface area (Å²) >= 11 is 1.78. The van der Waals surface area contributed by atoms with Crippen molar-refractivity contribution in [1.29, 1.82) is 0 Å². The van der Waals surface area contributed by atoms with Crippen LogP contribution >= 0.6 is 11.3 Å². The summed E-state index contributed by atoms with van der Waals surface area (Å²) in [5.74, 6) is 0. The number of anilines is 1. The smallest absolute Gasteiger partial charge is 0.124 e. The topological polar surface area (TPSA) is 50.9 Å². The molecule has 154 valence electrons. The molecule has 4 heteroatoms. The predicted molar refractivity (Wildman–Crippen MR) is 130 cm³/mol. The second-order valence-corrected chi connectivity index (χ2v) is 9.70. The number of nitrogens with two attached hydrogens (primary N) is 1. The minimum absolute atomic E-state index is 0.132. The Kier molecular flexibility index (Phi) is 4.44. The van der Waals surface area contributed by atoms with Gasteiger partial charge >= 0.3 is 0 Å². The zero-order chi connectivity index (χ0) is 20.8. The zero-order valence-electron chi connectivity index (χ0n) is 17.4. The second-order valence-electron chi connectivity index (χ2n) is 8.70. The number of rotatable bonds is 4. The van der Waals surface area contributed by atoms with Crippen molar-refractivity contribution in [3.63, 3.8) is 0 Å². The third-order valence-electron chi connectivity index (χ3n) is 6.70. The molecular weight excluding hydrogens is 398 g/mol. The van der Waals surface area contributed by atoms with Crippen molar-refractivity contribution in [2.45, 2.75) is 31.2 Å². The molecule has 0 unspecified atom stereocenters. The van der Waals surface area contributed by atoms with E-state index in [-0.39, 0.29) is 5.54 Å². The van der Waals surface area contributed by atoms with Crippen LogP contribution in [0, 0.1) is 0 Å². The fourth-order valence-corrected chi connectivity index (χ4v) is 5.76. The number of aromatic nitrogens is 1. The van der Waals surface area contributed by atoms with Crippen LogP contribution in [-0.4, -0.2) is 11.5 Å². The molecule has 4 aromatic rings. The SMILES string of the molecule is NC1(c2ccc(-c3nc(-c4ccc5c(c4)CCN5)sc3-c3ccccc3)cc2)CCC1. The minimum Gasteiger partial charge on any atom is -0.384 e. The Morgan fingerprint density at radius 2 is 1.65 bits per heavy atom. The Morgan fingerprint density at radius 3 is 2.39 bits per heavy atom. The van der Waals surface area contributed by atoms with E-state index < -0.39 is 0 Å². The zero-order valence-corrected chi connectivity index (χ0v) is 18.2. The highest BCUT2D eigenvalue weighted by Crippen LogP contribution is 2.43. The minimum atomic E-state index is -0.132. The van der Waals surface area contributed by atoms with E-state index in [0.717, 1.165) is 42.1 Å². The first-order chi connectivity index (χ1) is 15.2. The molecule has 1 aromatic heterocycles. The molecule has 6 rings (SSSR count). The van der Waals surface area contributed by atoms with Gasteiger partial charge in [0.25, 0.3) is 0 Å². The highest BCUT2D eigenvalue weighted by molar-refractivity contribution is 7.19. The van der Waals surface area contributed by atoms with Crippen molar-refractivity contribution in [2.24, 2.45) is 5.73 Å². The number of thiazole rings is 1. The number of fused-ring (bicyclic) bond motifs is 1. The van der Waals surface area contributed by atoms with E-state index in [1.165, 1.54) is 39.2 Å². The van der Waals surface area contributed by atoms with E-state index >= 15 is 0 Å². The second kappa shape index (κ2) is 7.33. The first-order valence-corrected chi connectivity index (χ1v) is 11.8. The largest absolute Gasteiger partial charge is 0.384 e. The van der Waals surface area contributed by atoms with Crippen molar-refractivity contribution >= 4 is 17.0 Å². The fourth-order valence-electron chi connectivity index (χ4n) is 4.67. The maximum absolute atomic E-state index is 6.54. The van der Waals surface area contributed by atoms with Gasteiger partial charge in [0.05, 0.1) is 10.6 Å². The van der Waals surface area contributed by atoms with Gasteiger partial charge in [-0.15, -0.1) is 11.3 Å². The number of hydrogen-bond donors (Lipinski definition) is 2. The van der Waals surface area contributed by atoms with Crippen molar-refractivity contribution in [3.8, 4) is 32.3 Å². The highest BCUT2D eigenvalue weighted by atomic mass is 32.1. The molecule has 31 heavy (non-hydrogen) atoms. The average molecular weight is 424 g/mol. The lowest BCUT2D eigenvalue weighted by Crippen LogP contribution is -2.43. The summed E-state index contributed by atoms with van der Waals surface area (Å²) in [4.78, 5) is 6.36. The summed E-state index contributed by atoms with van der Waals surface area (Å²) in [6.07, 6.45) is 4.46. The standard InChI is InChI=1S/C27H25N3S/c28-27(14-4-15-27)22-10-7-18(8-11-22)24-25(19-5-2-1-3-6-19)31-26(30-24)21-9-12-23-20(17-21)13-16-29-23/h1-3,5-12,17,29H,4,13-16,28H2. The molecule has 3 N–H and O–H groups in total. The summed E-state index contributed by atoms with van der Waals surface area (Å²) < 4.78 is 0. The Hall–Kier alpha value is -2.95. The van der Waals surface area contributed by atoms with E-state index in [2.05, 4.69) is 78.1 Å². The highest BCUT2D eigenvalue weighted by Gasteiger charge is 2.34. The predicted octanol–water partition coefficient (Wildman–Crippen LogP) is 6.45. The molecule has 2 aliphatic rings. The lowest BCUT2D eigenvalue weighted by Gasteiger charge is -2.38. The normalized spacial score (nSPS) is 16.4. The van der Waals surface area contributed by atoms with Gasteiger partial charge in [-0.05, 0) is 60.6 Å². The molecule has 1 fully saturated rings. The van der Waals surface area contributed by atoms with E-state index in [1.807, 2.05) is 0 Å². The van der Waals surface area contributed by atoms with Crippen LogP contribution in [0.25, 0.3) is 32.3 Å². The van der Waals surface area contributed by atoms with Crippen LogP contribution in [-0.2, 0) is 12.0 Å². The molecule has 3 aromatic carbocycles. The fraction of sp³-hybridized carbons (Fsp3) is 0.222. The van der Waals surface area contributed by atoms with Crippen LogP contribution in [0.15, 0.2) is 72.8 Å². The van der Waals surface area contributed by atoms with Gasteiger partial charge in [-0.25, -0.2) is 4.98 Å². The Balaban J connectivity index is 1.44. The van der Waals surface area contributed by atoms with Crippen molar-refractivity contribution in [2.75, 3.05) is 11.9 Å². The Bertz CT molecular complexity index is 1240. The van der Waals surface area contributed by atoms with Crippen molar-refractivity contribution in [3.05, 3.63) is 83.9 Å². The third kappa shape index (κ3) is 3.27. The van der Waals surface area contributed by atoms with Gasteiger partial charge in [0.1, 0.15) is 5.01 Å². The lowest BCUT2D eigenvalue weighted by atomic mass is 9.72. The van der Waals surface area contributed by atoms with Gasteiger partial charge in [0.15, 0.2) is 0 Å². The first-order valence-electron chi connectivity index (χ1n) is 11.0. The molecule has 1 saturated carbocycles. The summed E-state index contributed by atoms with van der Waals surface area (Å²) in [6.45, 7) is 1.02. The molecule has 0 saturated heterocycles. The van der Waals surface area contributed by atoms with Crippen molar-refractivity contribution < 1.29 is 0 Å². The molecule has 1 aliphatic heterocycles. The summed E-state index contributed by atoms with van der Waals surface area (Å²) in [5.41, 5.74) is 14.9. The molecule has 0 bridgehead atoms. The molecule has 0 spiro atoms. The van der Waals surface area contributed by atoms with E-state index in [4.69, 9.17) is 10.7 Å². The van der Waals surface area contributed by atoms with Gasteiger partial charge in [0.2, 0.25) is 0 Å². The number of nitrogens with zero attached hydrogens (tertiary/aromatic N) is 1. The van der Waals surface area contributed by atoms with Crippen LogP contribution < -0.4 is 11.1 Å². The van der Waals surface area contributed by atoms with Gasteiger partial charge < -0.3 is 11.1 Å². The van der Waals surface area contributed by atoms with Gasteiger partial charge in [-0.1, -0.05) is 54.6 Å². The summed E-state index contributed by atoms with van der Waals surface area (Å²) in [5, 5.41) is 4.52. The van der Waals surface area contributed by atoms with Crippen LogP contribution in [0.2, 0.25) is 0 Å². The van der Waals surface area contributed by atoms with Gasteiger partial charge in [-0.2, -0.15) is 0 Å². The number of benzene rings is 3. The molecule has 0 amide bonds. The molecule has 2 heterocycles. The maximum atomic E-state index is 6.54. The Labute approximate surface area is 187 Å². The molecule has 3 nitrogen and oxygen atoms in total. The van der Waals surface area contributed by atoms with Crippen LogP contribution in [0.5, 0.6) is 0 Å². The molecular formula is C27H25N3S. The third-order valence-corrected chi connectivity index (χ3v) is 7.86. The Morgan fingerprint density at radius 1 is 0.871 bits per heavy atom. The molecule has 0 atom stereocenters. The van der Waals surface area contributed by atoms with Crippen LogP contribution in [0.1, 0.15) is 30.4 Å². The van der Waals surface area contributed by atoms with Crippen molar-refractivity contribution in [1.82, 2.24) is 4.98 Å². The summed E-state index contributed by atoms with van der Waals surface area (Å²) in [7, 11) is 0. The van der Waals surface area contributed by atoms with Crippen LogP contribution in [0.3, 0.4) is 0 Å². The molecule has 0 radical (unpaired) electrons. The average Bonchev–Trinajstić information content (AvgIpc) is 3.45. The quantitative estimate of drug-likeness (QED) is 0.396. The van der Waals surface area contributed by atoms with E-state index in [1.54, 1.807) is 11.3 Å². The lowest BCUT2D eigenvalue weighted by molar-refractivity contribution is 0.253. The number of nitrogens with one attached hydrogen (secondary N) is 1. The molecule has 1 aliphatic carbocycles. The monoisotopic (exact) mass is 423 g/mol. The van der Waals surface area contributed by atoms with E-state index in [0.29, 0.717) is 0 Å². The number of hydrogen-bond acceptors (Lipinski definition) is 4.